The van der Waals surface area contributed by atoms with Gasteiger partial charge in [-0.25, -0.2) is 8.42 Å². The molecular weight excluding hydrogens is 454 g/mol. The van der Waals surface area contributed by atoms with E-state index in [4.69, 9.17) is 21.1 Å². The summed E-state index contributed by atoms with van der Waals surface area (Å²) in [5.41, 5.74) is 0.908. The van der Waals surface area contributed by atoms with Gasteiger partial charge < -0.3 is 19.7 Å². The molecule has 2 aromatic rings. The molecule has 1 heterocycles. The summed E-state index contributed by atoms with van der Waals surface area (Å²) in [7, 11) is -3.47. The molecule has 1 N–H and O–H groups in total. The van der Waals surface area contributed by atoms with Crippen LogP contribution in [0.15, 0.2) is 48.5 Å². The number of nitrogens with zero attached hydrogens (tertiary/aromatic N) is 2. The topological polar surface area (TPSA) is 88.2 Å². The molecule has 0 unspecified atom stereocenters. The van der Waals surface area contributed by atoms with Crippen molar-refractivity contribution in [3.05, 3.63) is 53.6 Å². The first-order chi connectivity index (χ1) is 15.4. The van der Waals surface area contributed by atoms with Gasteiger partial charge in [-0.05, 0) is 43.3 Å². The third kappa shape index (κ3) is 6.75. The zero-order valence-electron chi connectivity index (χ0n) is 18.0. The van der Waals surface area contributed by atoms with Crippen LogP contribution < -0.4 is 19.7 Å². The number of piperazine rings is 1. The van der Waals surface area contributed by atoms with E-state index >= 15 is 0 Å². The first-order valence-electron chi connectivity index (χ1n) is 10.5. The van der Waals surface area contributed by atoms with Crippen LogP contribution in [0.1, 0.15) is 6.92 Å². The molecule has 32 heavy (non-hydrogen) atoms. The van der Waals surface area contributed by atoms with Gasteiger partial charge in [-0.3, -0.25) is 4.79 Å². The molecule has 0 spiro atoms. The molecule has 1 saturated heterocycles. The summed E-state index contributed by atoms with van der Waals surface area (Å²) < 4.78 is 37.5. The quantitative estimate of drug-likeness (QED) is 0.560. The van der Waals surface area contributed by atoms with Crippen LogP contribution in [-0.4, -0.2) is 70.3 Å². The van der Waals surface area contributed by atoms with Gasteiger partial charge >= 0.3 is 0 Å². The normalized spacial score (nSPS) is 14.8. The summed E-state index contributed by atoms with van der Waals surface area (Å²) in [5, 5.41) is 3.25. The van der Waals surface area contributed by atoms with E-state index in [2.05, 4.69) is 10.2 Å². The minimum Gasteiger partial charge on any atom is -0.494 e. The van der Waals surface area contributed by atoms with Gasteiger partial charge in [0.05, 0.1) is 23.1 Å². The van der Waals surface area contributed by atoms with Crippen LogP contribution in [0.5, 0.6) is 11.5 Å². The van der Waals surface area contributed by atoms with Gasteiger partial charge in [0.2, 0.25) is 10.0 Å². The highest BCUT2D eigenvalue weighted by Crippen LogP contribution is 2.26. The van der Waals surface area contributed by atoms with E-state index in [1.165, 1.54) is 4.31 Å². The lowest BCUT2D eigenvalue weighted by Gasteiger charge is -2.35. The molecule has 174 valence electrons. The van der Waals surface area contributed by atoms with Crippen LogP contribution in [-0.2, 0) is 14.8 Å². The second-order valence-electron chi connectivity index (χ2n) is 7.20. The average molecular weight is 482 g/mol. The van der Waals surface area contributed by atoms with E-state index in [-0.39, 0.29) is 24.8 Å². The van der Waals surface area contributed by atoms with E-state index in [1.807, 2.05) is 31.2 Å². The summed E-state index contributed by atoms with van der Waals surface area (Å²) in [6.07, 6.45) is 0. The average Bonchev–Trinajstić information content (AvgIpc) is 2.79. The second kappa shape index (κ2) is 11.4. The van der Waals surface area contributed by atoms with E-state index in [9.17, 15) is 13.2 Å². The van der Waals surface area contributed by atoms with Crippen molar-refractivity contribution in [2.24, 2.45) is 0 Å². The number of carbonyl (C=O) groups is 1. The van der Waals surface area contributed by atoms with Crippen molar-refractivity contribution < 1.29 is 22.7 Å². The van der Waals surface area contributed by atoms with Crippen LogP contribution >= 0.6 is 11.6 Å². The number of carbonyl (C=O) groups excluding carboxylic acids is 1. The number of benzene rings is 2. The summed E-state index contributed by atoms with van der Waals surface area (Å²) in [4.78, 5) is 14.1. The number of nitrogens with one attached hydrogen (secondary N) is 1. The molecule has 0 bridgehead atoms. The molecule has 0 aliphatic carbocycles. The number of sulfonamides is 1. The third-order valence-electron chi connectivity index (χ3n) is 5.01. The van der Waals surface area contributed by atoms with Crippen molar-refractivity contribution in [1.82, 2.24) is 9.62 Å². The van der Waals surface area contributed by atoms with Gasteiger partial charge in [-0.1, -0.05) is 23.7 Å². The van der Waals surface area contributed by atoms with Crippen molar-refractivity contribution in [3.63, 3.8) is 0 Å². The van der Waals surface area contributed by atoms with Gasteiger partial charge in [0, 0.05) is 32.7 Å². The van der Waals surface area contributed by atoms with Crippen molar-refractivity contribution >= 4 is 33.2 Å². The Kier molecular flexibility index (Phi) is 8.60. The predicted molar refractivity (Wildman–Crippen MR) is 125 cm³/mol. The number of hydrogen-bond donors (Lipinski definition) is 1. The third-order valence-corrected chi connectivity index (χ3v) is 7.20. The van der Waals surface area contributed by atoms with Gasteiger partial charge in [0.15, 0.2) is 6.61 Å². The Hall–Kier alpha value is -2.49. The van der Waals surface area contributed by atoms with Crippen molar-refractivity contribution in [1.29, 1.82) is 0 Å². The number of anilines is 1. The van der Waals surface area contributed by atoms with Crippen molar-refractivity contribution in [2.75, 3.05) is 56.6 Å². The molecule has 10 heteroatoms. The van der Waals surface area contributed by atoms with Crippen LogP contribution in [0, 0.1) is 0 Å². The van der Waals surface area contributed by atoms with Crippen molar-refractivity contribution in [3.8, 4) is 11.5 Å². The second-order valence-corrected chi connectivity index (χ2v) is 9.69. The Morgan fingerprint density at radius 2 is 1.62 bits per heavy atom. The maximum atomic E-state index is 12.6. The van der Waals surface area contributed by atoms with Crippen molar-refractivity contribution in [2.45, 2.75) is 6.92 Å². The van der Waals surface area contributed by atoms with Crippen LogP contribution in [0.3, 0.4) is 0 Å². The van der Waals surface area contributed by atoms with E-state index in [0.29, 0.717) is 43.6 Å². The molecule has 3 rings (SSSR count). The fourth-order valence-corrected chi connectivity index (χ4v) is 4.96. The summed E-state index contributed by atoms with van der Waals surface area (Å²) in [5.74, 6) is 0.723. The molecule has 1 aliphatic heterocycles. The number of halogens is 1. The smallest absolute Gasteiger partial charge is 0.257 e. The highest BCUT2D eigenvalue weighted by molar-refractivity contribution is 7.89. The lowest BCUT2D eigenvalue weighted by molar-refractivity contribution is -0.122. The molecule has 1 fully saturated rings. The van der Waals surface area contributed by atoms with E-state index in [0.717, 1.165) is 11.4 Å². The fourth-order valence-electron chi connectivity index (χ4n) is 3.36. The van der Waals surface area contributed by atoms with E-state index in [1.54, 1.807) is 24.3 Å². The van der Waals surface area contributed by atoms with Crippen LogP contribution in [0.2, 0.25) is 5.02 Å². The molecule has 1 amide bonds. The lowest BCUT2D eigenvalue weighted by atomic mass is 10.2. The lowest BCUT2D eigenvalue weighted by Crippen LogP contribution is -2.50. The Bertz CT molecular complexity index is 993. The number of amides is 1. The SMILES string of the molecule is CCOc1ccc(OCC(=O)NCCS(=O)(=O)N2CCN(c3ccccc3Cl)CC2)cc1. The van der Waals surface area contributed by atoms with Gasteiger partial charge in [-0.2, -0.15) is 4.31 Å². The molecule has 0 radical (unpaired) electrons. The number of rotatable bonds is 10. The number of hydrogen-bond acceptors (Lipinski definition) is 6. The Morgan fingerprint density at radius 1 is 1.00 bits per heavy atom. The Balaban J connectivity index is 1.38. The van der Waals surface area contributed by atoms with Crippen LogP contribution in [0.25, 0.3) is 0 Å². The monoisotopic (exact) mass is 481 g/mol. The van der Waals surface area contributed by atoms with Gasteiger partial charge in [0.1, 0.15) is 11.5 Å². The molecular formula is C22H28ClN3O5S. The van der Waals surface area contributed by atoms with E-state index < -0.39 is 10.0 Å². The summed E-state index contributed by atoms with van der Waals surface area (Å²) in [6.45, 7) is 4.18. The molecule has 8 nitrogen and oxygen atoms in total. The Morgan fingerprint density at radius 3 is 2.25 bits per heavy atom. The number of para-hydroxylation sites is 1. The summed E-state index contributed by atoms with van der Waals surface area (Å²) in [6, 6.07) is 14.5. The number of ether oxygens (including phenoxy) is 2. The minimum atomic E-state index is -3.47. The largest absolute Gasteiger partial charge is 0.494 e. The fraction of sp³-hybridized carbons (Fsp3) is 0.409. The van der Waals surface area contributed by atoms with Gasteiger partial charge in [-0.15, -0.1) is 0 Å². The maximum absolute atomic E-state index is 12.6. The molecule has 0 atom stereocenters. The molecule has 0 aromatic heterocycles. The predicted octanol–water partition coefficient (Wildman–Crippen LogP) is 2.39. The first-order valence-corrected chi connectivity index (χ1v) is 12.5. The maximum Gasteiger partial charge on any atom is 0.257 e. The van der Waals surface area contributed by atoms with Gasteiger partial charge in [0.25, 0.3) is 5.91 Å². The molecule has 0 saturated carbocycles. The molecule has 2 aromatic carbocycles. The Labute approximate surface area is 194 Å². The van der Waals surface area contributed by atoms with Crippen LogP contribution in [0.4, 0.5) is 5.69 Å². The zero-order valence-corrected chi connectivity index (χ0v) is 19.6. The first kappa shape index (κ1) is 24.2. The summed E-state index contributed by atoms with van der Waals surface area (Å²) >= 11 is 6.24. The highest BCUT2D eigenvalue weighted by atomic mass is 35.5. The molecule has 1 aliphatic rings. The highest BCUT2D eigenvalue weighted by Gasteiger charge is 2.27. The zero-order chi connectivity index (χ0) is 23.0. The minimum absolute atomic E-state index is 0.0263. The standard InChI is InChI=1S/C22H28ClN3O5S/c1-2-30-18-7-9-19(10-8-18)31-17-22(27)24-11-16-32(28,29)26-14-12-25(13-15-26)21-6-4-3-5-20(21)23/h3-10H,2,11-17H2,1H3,(H,24,27).